The molecule has 1 aromatic rings. The van der Waals surface area contributed by atoms with Gasteiger partial charge in [-0.15, -0.1) is 0 Å². The van der Waals surface area contributed by atoms with E-state index in [0.29, 0.717) is 0 Å². The summed E-state index contributed by atoms with van der Waals surface area (Å²) in [6, 6.07) is 8.81. The van der Waals surface area contributed by atoms with Crippen LogP contribution in [-0.4, -0.2) is 24.5 Å². The van der Waals surface area contributed by atoms with Crippen molar-refractivity contribution in [2.24, 2.45) is 0 Å². The van der Waals surface area contributed by atoms with Crippen LogP contribution in [0.3, 0.4) is 0 Å². The van der Waals surface area contributed by atoms with Gasteiger partial charge < -0.3 is 0 Å². The van der Waals surface area contributed by atoms with Gasteiger partial charge >= 0.3 is 0 Å². The number of hydrogen-bond donors (Lipinski definition) is 0. The highest BCUT2D eigenvalue weighted by atomic mass is 15.1. The molecule has 0 spiro atoms. The Balaban J connectivity index is 2.85. The summed E-state index contributed by atoms with van der Waals surface area (Å²) in [5.41, 5.74) is 3.99. The third-order valence-corrected chi connectivity index (χ3v) is 3.97. The largest absolute Gasteiger partial charge is 0.300 e. The predicted molar refractivity (Wildman–Crippen MR) is 81.1 cm³/mol. The molecule has 0 aliphatic carbocycles. The molecule has 1 rings (SSSR count). The van der Waals surface area contributed by atoms with Gasteiger partial charge in [0, 0.05) is 12.0 Å². The molecule has 1 heteroatoms. The summed E-state index contributed by atoms with van der Waals surface area (Å²) in [5, 5.41) is 0. The molecule has 1 aromatic carbocycles. The van der Waals surface area contributed by atoms with Crippen molar-refractivity contribution >= 4 is 0 Å². The van der Waals surface area contributed by atoms with Crippen molar-refractivity contribution in [3.63, 3.8) is 0 Å². The van der Waals surface area contributed by atoms with Crippen molar-refractivity contribution in [3.05, 3.63) is 47.5 Å². The van der Waals surface area contributed by atoms with Gasteiger partial charge in [-0.1, -0.05) is 69.7 Å². The zero-order valence-corrected chi connectivity index (χ0v) is 12.6. The summed E-state index contributed by atoms with van der Waals surface area (Å²) >= 11 is 0. The maximum absolute atomic E-state index is 4.32. The minimum absolute atomic E-state index is 0.0380. The van der Waals surface area contributed by atoms with Crippen molar-refractivity contribution in [2.45, 2.75) is 40.0 Å². The van der Waals surface area contributed by atoms with Crippen molar-refractivity contribution in [1.82, 2.24) is 4.90 Å². The standard InChI is InChI=1S/C17H27N/c1-7-18(8-2)13-15(4)17(5,6)16-11-9-14(3)10-12-16/h9-12H,4,7-8,13H2,1-3,5-6H3. The van der Waals surface area contributed by atoms with E-state index in [1.165, 1.54) is 16.7 Å². The summed E-state index contributed by atoms with van der Waals surface area (Å²) in [7, 11) is 0. The summed E-state index contributed by atoms with van der Waals surface area (Å²) in [4.78, 5) is 2.41. The zero-order valence-electron chi connectivity index (χ0n) is 12.6. The molecule has 0 bridgehead atoms. The second-order valence-electron chi connectivity index (χ2n) is 5.56. The minimum Gasteiger partial charge on any atom is -0.300 e. The van der Waals surface area contributed by atoms with E-state index in [-0.39, 0.29) is 5.41 Å². The Kier molecular flexibility index (Phi) is 5.15. The van der Waals surface area contributed by atoms with Crippen LogP contribution < -0.4 is 0 Å². The highest BCUT2D eigenvalue weighted by Gasteiger charge is 2.24. The molecule has 0 aliphatic heterocycles. The molecule has 100 valence electrons. The molecule has 0 saturated carbocycles. The summed E-state index contributed by atoms with van der Waals surface area (Å²) in [5.74, 6) is 0. The molecule has 0 radical (unpaired) electrons. The summed E-state index contributed by atoms with van der Waals surface area (Å²) < 4.78 is 0. The highest BCUT2D eigenvalue weighted by molar-refractivity contribution is 5.35. The lowest BCUT2D eigenvalue weighted by Gasteiger charge is -2.31. The fourth-order valence-electron chi connectivity index (χ4n) is 2.09. The van der Waals surface area contributed by atoms with E-state index >= 15 is 0 Å². The number of nitrogens with zero attached hydrogens (tertiary/aromatic N) is 1. The SMILES string of the molecule is C=C(CN(CC)CC)C(C)(C)c1ccc(C)cc1. The average molecular weight is 245 g/mol. The molecule has 0 fully saturated rings. The van der Waals surface area contributed by atoms with Crippen LogP contribution in [0.2, 0.25) is 0 Å². The Bertz CT molecular complexity index is 383. The molecule has 0 heterocycles. The van der Waals surface area contributed by atoms with Crippen LogP contribution >= 0.6 is 0 Å². The van der Waals surface area contributed by atoms with Gasteiger partial charge in [0.15, 0.2) is 0 Å². The molecule has 18 heavy (non-hydrogen) atoms. The average Bonchev–Trinajstić information content (AvgIpc) is 2.36. The predicted octanol–water partition coefficient (Wildman–Crippen LogP) is 4.17. The van der Waals surface area contributed by atoms with Gasteiger partial charge in [0.25, 0.3) is 0 Å². The van der Waals surface area contributed by atoms with Crippen LogP contribution in [-0.2, 0) is 5.41 Å². The van der Waals surface area contributed by atoms with Gasteiger partial charge in [-0.3, -0.25) is 4.90 Å². The maximum Gasteiger partial charge on any atom is 0.0198 e. The van der Waals surface area contributed by atoms with Gasteiger partial charge in [0.2, 0.25) is 0 Å². The van der Waals surface area contributed by atoms with Crippen LogP contribution in [0.15, 0.2) is 36.4 Å². The van der Waals surface area contributed by atoms with Crippen LogP contribution in [0.5, 0.6) is 0 Å². The first-order valence-corrected chi connectivity index (χ1v) is 6.89. The number of hydrogen-bond acceptors (Lipinski definition) is 1. The Hall–Kier alpha value is -1.08. The summed E-state index contributed by atoms with van der Waals surface area (Å²) in [6.45, 7) is 18.5. The monoisotopic (exact) mass is 245 g/mol. The third kappa shape index (κ3) is 3.46. The molecule has 0 N–H and O–H groups in total. The third-order valence-electron chi connectivity index (χ3n) is 3.97. The fraction of sp³-hybridized carbons (Fsp3) is 0.529. The lowest BCUT2D eigenvalue weighted by molar-refractivity contribution is 0.316. The van der Waals surface area contributed by atoms with Crippen LogP contribution in [0.4, 0.5) is 0 Å². The van der Waals surface area contributed by atoms with E-state index in [4.69, 9.17) is 0 Å². The molecule has 0 unspecified atom stereocenters. The zero-order chi connectivity index (χ0) is 13.8. The Labute approximate surface area is 113 Å². The van der Waals surface area contributed by atoms with Crippen molar-refractivity contribution in [2.75, 3.05) is 19.6 Å². The topological polar surface area (TPSA) is 3.24 Å². The normalized spacial score (nSPS) is 11.9. The first-order valence-electron chi connectivity index (χ1n) is 6.89. The Morgan fingerprint density at radius 3 is 2.06 bits per heavy atom. The van der Waals surface area contributed by atoms with Crippen molar-refractivity contribution in [3.8, 4) is 0 Å². The maximum atomic E-state index is 4.32. The molecule has 0 aliphatic rings. The lowest BCUT2D eigenvalue weighted by Crippen LogP contribution is -2.32. The second-order valence-corrected chi connectivity index (χ2v) is 5.56. The lowest BCUT2D eigenvalue weighted by atomic mass is 9.78. The summed E-state index contributed by atoms with van der Waals surface area (Å²) in [6.07, 6.45) is 0. The van der Waals surface area contributed by atoms with Crippen LogP contribution in [0, 0.1) is 6.92 Å². The first-order chi connectivity index (χ1) is 8.41. The molecule has 1 nitrogen and oxygen atoms in total. The number of benzene rings is 1. The van der Waals surface area contributed by atoms with E-state index in [9.17, 15) is 0 Å². The van der Waals surface area contributed by atoms with Gasteiger partial charge in [-0.05, 0) is 25.6 Å². The first kappa shape index (κ1) is 15.0. The highest BCUT2D eigenvalue weighted by Crippen LogP contribution is 2.31. The molecule has 0 atom stereocenters. The molecule has 0 saturated heterocycles. The second kappa shape index (κ2) is 6.19. The van der Waals surface area contributed by atoms with E-state index in [1.807, 2.05) is 0 Å². The molecular formula is C17H27N. The van der Waals surface area contributed by atoms with Gasteiger partial charge in [0.05, 0.1) is 0 Å². The fourth-order valence-corrected chi connectivity index (χ4v) is 2.09. The minimum atomic E-state index is 0.0380. The van der Waals surface area contributed by atoms with Crippen molar-refractivity contribution in [1.29, 1.82) is 0 Å². The number of rotatable bonds is 6. The van der Waals surface area contributed by atoms with Crippen LogP contribution in [0.1, 0.15) is 38.8 Å². The quantitative estimate of drug-likeness (QED) is 0.680. The van der Waals surface area contributed by atoms with Gasteiger partial charge in [0.1, 0.15) is 0 Å². The Morgan fingerprint density at radius 1 is 1.11 bits per heavy atom. The van der Waals surface area contributed by atoms with E-state index in [1.54, 1.807) is 0 Å². The number of aryl methyl sites for hydroxylation is 1. The molecule has 0 aromatic heterocycles. The van der Waals surface area contributed by atoms with Gasteiger partial charge in [-0.2, -0.15) is 0 Å². The molecule has 0 amide bonds. The van der Waals surface area contributed by atoms with E-state index < -0.39 is 0 Å². The van der Waals surface area contributed by atoms with Crippen molar-refractivity contribution < 1.29 is 0 Å². The van der Waals surface area contributed by atoms with E-state index in [0.717, 1.165) is 19.6 Å². The van der Waals surface area contributed by atoms with Gasteiger partial charge in [-0.25, -0.2) is 0 Å². The molecular weight excluding hydrogens is 218 g/mol. The Morgan fingerprint density at radius 2 is 1.61 bits per heavy atom. The number of likely N-dealkylation sites (N-methyl/N-ethyl adjacent to an activating group) is 1. The van der Waals surface area contributed by atoms with Crippen LogP contribution in [0.25, 0.3) is 0 Å². The smallest absolute Gasteiger partial charge is 0.0198 e. The van der Waals surface area contributed by atoms with E-state index in [2.05, 4.69) is 70.4 Å².